The van der Waals surface area contributed by atoms with E-state index in [1.807, 2.05) is 30.3 Å². The van der Waals surface area contributed by atoms with Gasteiger partial charge in [0.05, 0.1) is 11.2 Å². The Labute approximate surface area is 183 Å². The lowest BCUT2D eigenvalue weighted by Crippen LogP contribution is -2.30. The molecular weight excluding hydrogens is 414 g/mol. The van der Waals surface area contributed by atoms with Crippen molar-refractivity contribution in [2.24, 2.45) is 0 Å². The average Bonchev–Trinajstić information content (AvgIpc) is 2.76. The predicted octanol–water partition coefficient (Wildman–Crippen LogP) is 4.56. The highest BCUT2D eigenvalue weighted by Crippen LogP contribution is 2.27. The Morgan fingerprint density at radius 2 is 1.77 bits per heavy atom. The van der Waals surface area contributed by atoms with Gasteiger partial charge < -0.3 is 5.32 Å². The average molecular weight is 432 g/mol. The zero-order chi connectivity index (χ0) is 22.0. The van der Waals surface area contributed by atoms with Crippen molar-refractivity contribution in [2.45, 2.75) is 13.5 Å². The molecule has 0 aliphatic heterocycles. The molecule has 31 heavy (non-hydrogen) atoms. The number of halogens is 1. The first kappa shape index (κ1) is 20.5. The molecule has 0 saturated heterocycles. The second-order valence-electron chi connectivity index (χ2n) is 7.04. The third-order valence-corrected chi connectivity index (χ3v) is 5.08. The number of ketones is 1. The molecule has 0 bridgehead atoms. The maximum absolute atomic E-state index is 12.8. The molecular formula is C24H18ClN3O3. The Balaban J connectivity index is 1.72. The van der Waals surface area contributed by atoms with Gasteiger partial charge in [0.25, 0.3) is 0 Å². The maximum Gasteiger partial charge on any atom is 0.349 e. The van der Waals surface area contributed by atoms with E-state index < -0.39 is 11.6 Å². The zero-order valence-electron chi connectivity index (χ0n) is 16.6. The molecule has 1 heterocycles. The van der Waals surface area contributed by atoms with Crippen LogP contribution in [0, 0.1) is 0 Å². The SMILES string of the molecule is CC(=O)c1cccc(NC(=O)Cn2c(=O)nc(-c3ccccc3)c3cc(Cl)ccc32)c1. The van der Waals surface area contributed by atoms with Crippen molar-refractivity contribution >= 4 is 39.9 Å². The van der Waals surface area contributed by atoms with E-state index in [-0.39, 0.29) is 12.3 Å². The lowest BCUT2D eigenvalue weighted by molar-refractivity contribution is -0.116. The molecule has 0 unspecified atom stereocenters. The van der Waals surface area contributed by atoms with E-state index >= 15 is 0 Å². The minimum absolute atomic E-state index is 0.101. The Kier molecular flexibility index (Phi) is 5.64. The molecule has 7 heteroatoms. The summed E-state index contributed by atoms with van der Waals surface area (Å²) in [6.07, 6.45) is 0. The molecule has 4 rings (SSSR count). The van der Waals surface area contributed by atoms with Crippen LogP contribution in [0.5, 0.6) is 0 Å². The third-order valence-electron chi connectivity index (χ3n) is 4.84. The fraction of sp³-hybridized carbons (Fsp3) is 0.0833. The van der Waals surface area contributed by atoms with Gasteiger partial charge >= 0.3 is 5.69 Å². The molecule has 1 N–H and O–H groups in total. The van der Waals surface area contributed by atoms with Crippen LogP contribution in [-0.4, -0.2) is 21.2 Å². The maximum atomic E-state index is 12.8. The summed E-state index contributed by atoms with van der Waals surface area (Å²) in [5, 5.41) is 3.90. The number of fused-ring (bicyclic) bond motifs is 1. The van der Waals surface area contributed by atoms with Crippen molar-refractivity contribution in [3.8, 4) is 11.3 Å². The number of benzene rings is 3. The lowest BCUT2D eigenvalue weighted by atomic mass is 10.1. The summed E-state index contributed by atoms with van der Waals surface area (Å²) in [4.78, 5) is 41.3. The standard InChI is InChI=1S/C24H18ClN3O3/c1-15(29)17-8-5-9-19(12-17)26-22(30)14-28-21-11-10-18(25)13-20(21)23(27-24(28)31)16-6-3-2-4-7-16/h2-13H,14H2,1H3,(H,26,30). The lowest BCUT2D eigenvalue weighted by Gasteiger charge is -2.13. The molecule has 0 aliphatic rings. The first-order valence-corrected chi connectivity index (χ1v) is 9.96. The highest BCUT2D eigenvalue weighted by Gasteiger charge is 2.15. The molecule has 0 atom stereocenters. The van der Waals surface area contributed by atoms with Crippen LogP contribution in [0.4, 0.5) is 5.69 Å². The van der Waals surface area contributed by atoms with Crippen LogP contribution in [0.25, 0.3) is 22.2 Å². The zero-order valence-corrected chi connectivity index (χ0v) is 17.4. The smallest absolute Gasteiger partial charge is 0.325 e. The molecule has 0 radical (unpaired) electrons. The van der Waals surface area contributed by atoms with E-state index in [0.29, 0.717) is 32.9 Å². The van der Waals surface area contributed by atoms with E-state index in [4.69, 9.17) is 11.6 Å². The number of aromatic nitrogens is 2. The van der Waals surface area contributed by atoms with Gasteiger partial charge in [0, 0.05) is 27.2 Å². The molecule has 0 aliphatic carbocycles. The van der Waals surface area contributed by atoms with E-state index in [0.717, 1.165) is 5.56 Å². The summed E-state index contributed by atoms with van der Waals surface area (Å²) in [5.74, 6) is -0.510. The molecule has 0 saturated carbocycles. The van der Waals surface area contributed by atoms with Crippen LogP contribution >= 0.6 is 11.6 Å². The number of nitrogens with zero attached hydrogens (tertiary/aromatic N) is 2. The number of carbonyl (C=O) groups excluding carboxylic acids is 2. The summed E-state index contributed by atoms with van der Waals surface area (Å²) in [6.45, 7) is 1.22. The van der Waals surface area contributed by atoms with Crippen LogP contribution in [-0.2, 0) is 11.3 Å². The number of carbonyl (C=O) groups is 2. The summed E-state index contributed by atoms with van der Waals surface area (Å²) in [6, 6.07) is 21.1. The van der Waals surface area contributed by atoms with Crippen LogP contribution in [0.1, 0.15) is 17.3 Å². The number of Topliss-reactive ketones (excluding diaryl/α,β-unsaturated/α-hetero) is 1. The monoisotopic (exact) mass is 431 g/mol. The van der Waals surface area contributed by atoms with Gasteiger partial charge in [-0.3, -0.25) is 14.2 Å². The minimum atomic E-state index is -0.540. The fourth-order valence-electron chi connectivity index (χ4n) is 3.38. The van der Waals surface area contributed by atoms with Crippen molar-refractivity contribution < 1.29 is 9.59 Å². The van der Waals surface area contributed by atoms with E-state index in [1.165, 1.54) is 11.5 Å². The first-order valence-electron chi connectivity index (χ1n) is 9.59. The van der Waals surface area contributed by atoms with Crippen molar-refractivity contribution in [2.75, 3.05) is 5.32 Å². The number of amides is 1. The van der Waals surface area contributed by atoms with E-state index in [2.05, 4.69) is 10.3 Å². The van der Waals surface area contributed by atoms with Gasteiger partial charge in [0.1, 0.15) is 6.54 Å². The Hall–Kier alpha value is -3.77. The Morgan fingerprint density at radius 1 is 1.00 bits per heavy atom. The predicted molar refractivity (Wildman–Crippen MR) is 122 cm³/mol. The van der Waals surface area contributed by atoms with Gasteiger partial charge in [-0.05, 0) is 37.3 Å². The second kappa shape index (κ2) is 8.53. The number of hydrogen-bond acceptors (Lipinski definition) is 4. The van der Waals surface area contributed by atoms with Gasteiger partial charge in [0.2, 0.25) is 5.91 Å². The fourth-order valence-corrected chi connectivity index (χ4v) is 3.55. The largest absolute Gasteiger partial charge is 0.349 e. The highest BCUT2D eigenvalue weighted by atomic mass is 35.5. The second-order valence-corrected chi connectivity index (χ2v) is 7.48. The van der Waals surface area contributed by atoms with Gasteiger partial charge in [-0.2, -0.15) is 4.98 Å². The quantitative estimate of drug-likeness (QED) is 0.470. The van der Waals surface area contributed by atoms with Crippen molar-refractivity contribution in [1.82, 2.24) is 9.55 Å². The molecule has 0 fully saturated rings. The molecule has 154 valence electrons. The Morgan fingerprint density at radius 3 is 2.52 bits per heavy atom. The highest BCUT2D eigenvalue weighted by molar-refractivity contribution is 6.31. The van der Waals surface area contributed by atoms with Gasteiger partial charge in [-0.1, -0.05) is 54.1 Å². The number of anilines is 1. The van der Waals surface area contributed by atoms with Crippen LogP contribution in [0.3, 0.4) is 0 Å². The number of rotatable bonds is 5. The summed E-state index contributed by atoms with van der Waals surface area (Å²) in [7, 11) is 0. The topological polar surface area (TPSA) is 81.1 Å². The Bertz CT molecular complexity index is 1360. The van der Waals surface area contributed by atoms with Crippen molar-refractivity contribution in [3.63, 3.8) is 0 Å². The first-order chi connectivity index (χ1) is 14.9. The normalized spacial score (nSPS) is 10.8. The van der Waals surface area contributed by atoms with Crippen molar-refractivity contribution in [3.05, 3.63) is 93.9 Å². The molecule has 0 spiro atoms. The number of nitrogens with one attached hydrogen (secondary N) is 1. The van der Waals surface area contributed by atoms with Gasteiger partial charge in [0.15, 0.2) is 5.78 Å². The van der Waals surface area contributed by atoms with Crippen LogP contribution in [0.15, 0.2) is 77.6 Å². The molecule has 6 nitrogen and oxygen atoms in total. The summed E-state index contributed by atoms with van der Waals surface area (Å²) >= 11 is 6.20. The van der Waals surface area contributed by atoms with Crippen LogP contribution in [0.2, 0.25) is 5.02 Å². The van der Waals surface area contributed by atoms with Crippen molar-refractivity contribution in [1.29, 1.82) is 0 Å². The molecule has 3 aromatic carbocycles. The minimum Gasteiger partial charge on any atom is -0.325 e. The van der Waals surface area contributed by atoms with Crippen LogP contribution < -0.4 is 11.0 Å². The molecule has 4 aromatic rings. The summed E-state index contributed by atoms with van der Waals surface area (Å²) < 4.78 is 1.31. The van der Waals surface area contributed by atoms with Gasteiger partial charge in [-0.15, -0.1) is 0 Å². The van der Waals surface area contributed by atoms with E-state index in [9.17, 15) is 14.4 Å². The molecule has 1 aromatic heterocycles. The van der Waals surface area contributed by atoms with E-state index in [1.54, 1.807) is 42.5 Å². The molecule has 1 amide bonds. The number of hydrogen-bond donors (Lipinski definition) is 1. The van der Waals surface area contributed by atoms with Gasteiger partial charge in [-0.25, -0.2) is 4.79 Å². The summed E-state index contributed by atoms with van der Waals surface area (Å²) in [5.41, 5.74) is 2.27. The third kappa shape index (κ3) is 4.39.